The van der Waals surface area contributed by atoms with Crippen molar-refractivity contribution in [2.24, 2.45) is 5.41 Å². The van der Waals surface area contributed by atoms with Crippen LogP contribution in [0.5, 0.6) is 0 Å². The third-order valence-electron chi connectivity index (χ3n) is 4.38. The molecule has 0 radical (unpaired) electrons. The van der Waals surface area contributed by atoms with E-state index in [-0.39, 0.29) is 0 Å². The van der Waals surface area contributed by atoms with Gasteiger partial charge in [0.15, 0.2) is 0 Å². The number of hydrogen-bond donors (Lipinski definition) is 1. The summed E-state index contributed by atoms with van der Waals surface area (Å²) in [7, 11) is 0. The van der Waals surface area contributed by atoms with Gasteiger partial charge >= 0.3 is 5.97 Å². The molecule has 0 saturated carbocycles. The predicted molar refractivity (Wildman–Crippen MR) is 74.0 cm³/mol. The number of pyridine rings is 1. The van der Waals surface area contributed by atoms with E-state index in [0.717, 1.165) is 45.3 Å². The van der Waals surface area contributed by atoms with E-state index < -0.39 is 11.4 Å². The van der Waals surface area contributed by atoms with E-state index >= 15 is 0 Å². The van der Waals surface area contributed by atoms with Crippen molar-refractivity contribution in [1.82, 2.24) is 9.88 Å². The molecule has 0 spiro atoms. The van der Waals surface area contributed by atoms with Gasteiger partial charge in [0.1, 0.15) is 0 Å². The van der Waals surface area contributed by atoms with Crippen molar-refractivity contribution in [3.05, 3.63) is 30.1 Å². The summed E-state index contributed by atoms with van der Waals surface area (Å²) in [5, 5.41) is 9.36. The standard InChI is InChI=1S/C15H22N2O2/c1-2-15(14(18)19)6-10-17(11-7-15)9-5-13-4-3-8-16-12-13/h3-4,8,12H,2,5-7,9-11H2,1H3,(H,18,19). The van der Waals surface area contributed by atoms with E-state index in [9.17, 15) is 9.90 Å². The maximum Gasteiger partial charge on any atom is 0.309 e. The molecule has 1 fully saturated rings. The van der Waals surface area contributed by atoms with Gasteiger partial charge < -0.3 is 10.0 Å². The average Bonchev–Trinajstić information content (AvgIpc) is 2.46. The van der Waals surface area contributed by atoms with Crippen molar-refractivity contribution >= 4 is 5.97 Å². The zero-order valence-corrected chi connectivity index (χ0v) is 11.5. The van der Waals surface area contributed by atoms with Crippen molar-refractivity contribution in [3.63, 3.8) is 0 Å². The van der Waals surface area contributed by atoms with Crippen LogP contribution in [0.25, 0.3) is 0 Å². The van der Waals surface area contributed by atoms with Crippen LogP contribution >= 0.6 is 0 Å². The first-order chi connectivity index (χ1) is 9.16. The van der Waals surface area contributed by atoms with Crippen LogP contribution in [-0.2, 0) is 11.2 Å². The number of rotatable bonds is 5. The van der Waals surface area contributed by atoms with Crippen molar-refractivity contribution in [2.45, 2.75) is 32.6 Å². The van der Waals surface area contributed by atoms with Gasteiger partial charge in [-0.2, -0.15) is 0 Å². The van der Waals surface area contributed by atoms with Crippen LogP contribution < -0.4 is 0 Å². The molecule has 104 valence electrons. The zero-order chi connectivity index (χ0) is 13.7. The third kappa shape index (κ3) is 3.32. The summed E-state index contributed by atoms with van der Waals surface area (Å²) < 4.78 is 0. The lowest BCUT2D eigenvalue weighted by Crippen LogP contribution is -2.44. The first-order valence-electron chi connectivity index (χ1n) is 7.01. The molecule has 0 aromatic carbocycles. The smallest absolute Gasteiger partial charge is 0.309 e. The molecule has 1 saturated heterocycles. The summed E-state index contributed by atoms with van der Waals surface area (Å²) in [5.74, 6) is -0.623. The van der Waals surface area contributed by atoms with Crippen LogP contribution in [0.15, 0.2) is 24.5 Å². The molecule has 4 nitrogen and oxygen atoms in total. The summed E-state index contributed by atoms with van der Waals surface area (Å²) in [4.78, 5) is 17.8. The molecule has 0 atom stereocenters. The van der Waals surface area contributed by atoms with Crippen LogP contribution in [-0.4, -0.2) is 40.6 Å². The Morgan fingerprint density at radius 1 is 1.47 bits per heavy atom. The SMILES string of the molecule is CCC1(C(=O)O)CCN(CCc2cccnc2)CC1. The molecule has 0 unspecified atom stereocenters. The van der Waals surface area contributed by atoms with E-state index in [1.807, 2.05) is 19.2 Å². The molecule has 0 amide bonds. The molecular weight excluding hydrogens is 240 g/mol. The van der Waals surface area contributed by atoms with Gasteiger partial charge in [0, 0.05) is 18.9 Å². The van der Waals surface area contributed by atoms with Crippen LogP contribution in [0, 0.1) is 5.41 Å². The number of carboxylic acids is 1. The molecular formula is C15H22N2O2. The molecule has 19 heavy (non-hydrogen) atoms. The number of hydrogen-bond acceptors (Lipinski definition) is 3. The Labute approximate surface area is 114 Å². The quantitative estimate of drug-likeness (QED) is 0.884. The molecule has 2 rings (SSSR count). The molecule has 1 N–H and O–H groups in total. The molecule has 0 aliphatic carbocycles. The fraction of sp³-hybridized carbons (Fsp3) is 0.600. The highest BCUT2D eigenvalue weighted by Gasteiger charge is 2.39. The molecule has 4 heteroatoms. The highest BCUT2D eigenvalue weighted by molar-refractivity contribution is 5.74. The Bertz CT molecular complexity index is 411. The highest BCUT2D eigenvalue weighted by atomic mass is 16.4. The second-order valence-electron chi connectivity index (χ2n) is 5.39. The largest absolute Gasteiger partial charge is 0.481 e. The topological polar surface area (TPSA) is 53.4 Å². The van der Waals surface area contributed by atoms with Gasteiger partial charge in [0.05, 0.1) is 5.41 Å². The lowest BCUT2D eigenvalue weighted by molar-refractivity contribution is -0.152. The maximum absolute atomic E-state index is 11.4. The van der Waals surface area contributed by atoms with Crippen molar-refractivity contribution in [2.75, 3.05) is 19.6 Å². The monoisotopic (exact) mass is 262 g/mol. The molecule has 1 aromatic heterocycles. The normalized spacial score (nSPS) is 19.2. The van der Waals surface area contributed by atoms with E-state index in [2.05, 4.69) is 16.0 Å². The van der Waals surface area contributed by atoms with Crippen molar-refractivity contribution in [1.29, 1.82) is 0 Å². The minimum absolute atomic E-state index is 0.481. The maximum atomic E-state index is 11.4. The summed E-state index contributed by atoms with van der Waals surface area (Å²) in [6.45, 7) is 4.76. The molecule has 1 aromatic rings. The summed E-state index contributed by atoms with van der Waals surface area (Å²) in [5.41, 5.74) is 0.762. The minimum atomic E-state index is -0.623. The third-order valence-corrected chi connectivity index (χ3v) is 4.38. The van der Waals surface area contributed by atoms with Gasteiger partial charge in [-0.25, -0.2) is 0 Å². The van der Waals surface area contributed by atoms with Gasteiger partial charge in [-0.05, 0) is 50.4 Å². The first-order valence-corrected chi connectivity index (χ1v) is 7.01. The van der Waals surface area contributed by atoms with E-state index in [4.69, 9.17) is 0 Å². The number of carboxylic acid groups (broad SMARTS) is 1. The predicted octanol–water partition coefficient (Wildman–Crippen LogP) is 2.20. The Balaban J connectivity index is 1.82. The number of aromatic nitrogens is 1. The Morgan fingerprint density at radius 3 is 2.74 bits per heavy atom. The number of aliphatic carboxylic acids is 1. The summed E-state index contributed by atoms with van der Waals surface area (Å²) in [6, 6.07) is 4.04. The van der Waals surface area contributed by atoms with Gasteiger partial charge in [-0.3, -0.25) is 9.78 Å². The van der Waals surface area contributed by atoms with Gasteiger partial charge in [-0.1, -0.05) is 13.0 Å². The number of likely N-dealkylation sites (tertiary alicyclic amines) is 1. The van der Waals surface area contributed by atoms with Crippen molar-refractivity contribution < 1.29 is 9.90 Å². The van der Waals surface area contributed by atoms with E-state index in [1.165, 1.54) is 5.56 Å². The van der Waals surface area contributed by atoms with Crippen molar-refractivity contribution in [3.8, 4) is 0 Å². The highest BCUT2D eigenvalue weighted by Crippen LogP contribution is 2.35. The first kappa shape index (κ1) is 14.0. The van der Waals surface area contributed by atoms with Crippen LogP contribution in [0.2, 0.25) is 0 Å². The Hall–Kier alpha value is -1.42. The fourth-order valence-corrected chi connectivity index (χ4v) is 2.76. The van der Waals surface area contributed by atoms with Crippen LogP contribution in [0.3, 0.4) is 0 Å². The second kappa shape index (κ2) is 6.15. The van der Waals surface area contributed by atoms with Crippen LogP contribution in [0.1, 0.15) is 31.7 Å². The van der Waals surface area contributed by atoms with Gasteiger partial charge in [-0.15, -0.1) is 0 Å². The number of piperidine rings is 1. The summed E-state index contributed by atoms with van der Waals surface area (Å²) in [6.07, 6.45) is 6.95. The van der Waals surface area contributed by atoms with E-state index in [0.29, 0.717) is 0 Å². The van der Waals surface area contributed by atoms with Gasteiger partial charge in [0.25, 0.3) is 0 Å². The van der Waals surface area contributed by atoms with Crippen LogP contribution in [0.4, 0.5) is 0 Å². The molecule has 2 heterocycles. The number of nitrogens with zero attached hydrogens (tertiary/aromatic N) is 2. The summed E-state index contributed by atoms with van der Waals surface area (Å²) >= 11 is 0. The van der Waals surface area contributed by atoms with Gasteiger partial charge in [0.2, 0.25) is 0 Å². The lowest BCUT2D eigenvalue weighted by Gasteiger charge is -2.38. The minimum Gasteiger partial charge on any atom is -0.481 e. The number of carbonyl (C=O) groups is 1. The second-order valence-corrected chi connectivity index (χ2v) is 5.39. The molecule has 0 bridgehead atoms. The Morgan fingerprint density at radius 2 is 2.21 bits per heavy atom. The van der Waals surface area contributed by atoms with E-state index in [1.54, 1.807) is 6.20 Å². The lowest BCUT2D eigenvalue weighted by atomic mass is 9.76. The fourth-order valence-electron chi connectivity index (χ4n) is 2.76. The zero-order valence-electron chi connectivity index (χ0n) is 11.5. The molecule has 1 aliphatic rings. The Kier molecular flexibility index (Phi) is 4.53. The average molecular weight is 262 g/mol. The molecule has 1 aliphatic heterocycles.